The Balaban J connectivity index is 0.000000191. The van der Waals surface area contributed by atoms with Gasteiger partial charge >= 0.3 is 0 Å². The number of aryl methyl sites for hydroxylation is 2. The second kappa shape index (κ2) is 6.00. The summed E-state index contributed by atoms with van der Waals surface area (Å²) in [5.74, 6) is 0.509. The van der Waals surface area contributed by atoms with Gasteiger partial charge < -0.3 is 20.4 Å². The minimum atomic E-state index is 0.104. The smallest absolute Gasteiger partial charge is 0.122 e. The zero-order chi connectivity index (χ0) is 14.6. The molecule has 0 saturated heterocycles. The van der Waals surface area contributed by atoms with E-state index in [1.807, 2.05) is 6.92 Å². The van der Waals surface area contributed by atoms with Crippen molar-refractivity contribution in [3.8, 4) is 23.0 Å². The minimum absolute atomic E-state index is 0.104. The Morgan fingerprint density at radius 3 is 1.32 bits per heavy atom. The normalized spacial score (nSPS) is 9.63. The van der Waals surface area contributed by atoms with Gasteiger partial charge in [-0.25, -0.2) is 0 Å². The summed E-state index contributed by atoms with van der Waals surface area (Å²) in [4.78, 5) is 0. The van der Waals surface area contributed by atoms with Crippen molar-refractivity contribution in [3.63, 3.8) is 0 Å². The molecule has 102 valence electrons. The second-order valence-electron chi connectivity index (χ2n) is 4.45. The van der Waals surface area contributed by atoms with E-state index in [0.717, 1.165) is 11.1 Å². The maximum absolute atomic E-state index is 9.12. The van der Waals surface area contributed by atoms with E-state index < -0.39 is 0 Å². The Morgan fingerprint density at radius 2 is 0.947 bits per heavy atom. The fraction of sp³-hybridized carbons (Fsp3) is 0.200. The molecule has 2 aromatic rings. The van der Waals surface area contributed by atoms with Crippen LogP contribution >= 0.6 is 0 Å². The first-order valence-electron chi connectivity index (χ1n) is 5.78. The molecule has 0 atom stereocenters. The summed E-state index contributed by atoms with van der Waals surface area (Å²) >= 11 is 0. The van der Waals surface area contributed by atoms with Crippen LogP contribution in [0.1, 0.15) is 16.7 Å². The zero-order valence-corrected chi connectivity index (χ0v) is 11.2. The first-order chi connectivity index (χ1) is 8.79. The van der Waals surface area contributed by atoms with Crippen LogP contribution in [0.5, 0.6) is 23.0 Å². The molecule has 0 spiro atoms. The van der Waals surface area contributed by atoms with Gasteiger partial charge in [-0.15, -0.1) is 0 Å². The number of phenols is 4. The predicted octanol–water partition coefficient (Wildman–Crippen LogP) is 3.12. The summed E-state index contributed by atoms with van der Waals surface area (Å²) in [7, 11) is 0. The summed E-state index contributed by atoms with van der Waals surface area (Å²) in [5.41, 5.74) is 2.25. The SMILES string of the molecule is Cc1cc(O)c(C)c(O)c1.Cc1cc(O)cc(O)c1. The monoisotopic (exact) mass is 262 g/mol. The molecule has 0 amide bonds. The second-order valence-corrected chi connectivity index (χ2v) is 4.45. The fourth-order valence-electron chi connectivity index (χ4n) is 1.56. The quantitative estimate of drug-likeness (QED) is 0.588. The Kier molecular flexibility index (Phi) is 4.64. The van der Waals surface area contributed by atoms with Gasteiger partial charge in [0.15, 0.2) is 0 Å². The van der Waals surface area contributed by atoms with Crippen LogP contribution in [-0.2, 0) is 0 Å². The van der Waals surface area contributed by atoms with E-state index in [1.54, 1.807) is 38.1 Å². The van der Waals surface area contributed by atoms with Crippen molar-refractivity contribution in [3.05, 3.63) is 47.0 Å². The van der Waals surface area contributed by atoms with Gasteiger partial charge in [0.1, 0.15) is 23.0 Å². The van der Waals surface area contributed by atoms with E-state index in [1.165, 1.54) is 6.07 Å². The number of rotatable bonds is 0. The molecule has 0 aliphatic carbocycles. The Labute approximate surface area is 112 Å². The number of hydrogen-bond donors (Lipinski definition) is 4. The van der Waals surface area contributed by atoms with Crippen LogP contribution in [0.25, 0.3) is 0 Å². The highest BCUT2D eigenvalue weighted by Crippen LogP contribution is 2.26. The lowest BCUT2D eigenvalue weighted by Crippen LogP contribution is -1.78. The van der Waals surface area contributed by atoms with Gasteiger partial charge in [-0.2, -0.15) is 0 Å². The number of aromatic hydroxyl groups is 4. The van der Waals surface area contributed by atoms with Crippen molar-refractivity contribution in [2.45, 2.75) is 20.8 Å². The Morgan fingerprint density at radius 1 is 0.579 bits per heavy atom. The van der Waals surface area contributed by atoms with E-state index in [2.05, 4.69) is 0 Å². The van der Waals surface area contributed by atoms with Gasteiger partial charge in [0.25, 0.3) is 0 Å². The molecule has 4 nitrogen and oxygen atoms in total. The molecule has 0 aromatic heterocycles. The summed E-state index contributed by atoms with van der Waals surface area (Å²) in [5, 5.41) is 35.9. The largest absolute Gasteiger partial charge is 0.508 e. The molecule has 0 unspecified atom stereocenters. The Hall–Kier alpha value is -2.36. The third kappa shape index (κ3) is 4.43. The van der Waals surface area contributed by atoms with Gasteiger partial charge in [-0.1, -0.05) is 0 Å². The molecular formula is C15H18O4. The van der Waals surface area contributed by atoms with Crippen molar-refractivity contribution < 1.29 is 20.4 Å². The highest BCUT2D eigenvalue weighted by atomic mass is 16.3. The molecule has 0 heterocycles. The van der Waals surface area contributed by atoms with Crippen LogP contribution in [0.2, 0.25) is 0 Å². The van der Waals surface area contributed by atoms with Crippen LogP contribution < -0.4 is 0 Å². The third-order valence-corrected chi connectivity index (χ3v) is 2.54. The van der Waals surface area contributed by atoms with E-state index in [0.29, 0.717) is 5.56 Å². The van der Waals surface area contributed by atoms with Crippen LogP contribution in [0, 0.1) is 20.8 Å². The average molecular weight is 262 g/mol. The third-order valence-electron chi connectivity index (χ3n) is 2.54. The molecule has 4 N–H and O–H groups in total. The van der Waals surface area contributed by atoms with Crippen LogP contribution in [0.15, 0.2) is 30.3 Å². The summed E-state index contributed by atoms with van der Waals surface area (Å²) in [6.45, 7) is 5.29. The van der Waals surface area contributed by atoms with Crippen molar-refractivity contribution in [1.29, 1.82) is 0 Å². The predicted molar refractivity (Wildman–Crippen MR) is 73.8 cm³/mol. The van der Waals surface area contributed by atoms with Crippen LogP contribution in [0.3, 0.4) is 0 Å². The lowest BCUT2D eigenvalue weighted by atomic mass is 10.1. The minimum Gasteiger partial charge on any atom is -0.508 e. The maximum atomic E-state index is 9.12. The van der Waals surface area contributed by atoms with Crippen molar-refractivity contribution >= 4 is 0 Å². The molecule has 0 saturated carbocycles. The first kappa shape index (κ1) is 14.7. The molecule has 0 radical (unpaired) electrons. The standard InChI is InChI=1S/C8H10O2.C7H8O2/c1-5-3-7(9)6(2)8(10)4-5;1-5-2-6(8)4-7(9)3-5/h3-4,9-10H,1-2H3;2-4,8-9H,1H3. The number of hydrogen-bond acceptors (Lipinski definition) is 4. The molecule has 2 aromatic carbocycles. The summed E-state index contributed by atoms with van der Waals surface area (Å²) in [6, 6.07) is 7.70. The zero-order valence-electron chi connectivity index (χ0n) is 11.2. The maximum Gasteiger partial charge on any atom is 0.122 e. The number of benzene rings is 2. The van der Waals surface area contributed by atoms with Gasteiger partial charge in [0.2, 0.25) is 0 Å². The van der Waals surface area contributed by atoms with Crippen LogP contribution in [-0.4, -0.2) is 20.4 Å². The lowest BCUT2D eigenvalue weighted by molar-refractivity contribution is 0.442. The molecule has 0 bridgehead atoms. The average Bonchev–Trinajstić information content (AvgIpc) is 2.24. The van der Waals surface area contributed by atoms with Crippen molar-refractivity contribution in [1.82, 2.24) is 0 Å². The molecule has 4 heteroatoms. The highest BCUT2D eigenvalue weighted by molar-refractivity contribution is 5.44. The van der Waals surface area contributed by atoms with E-state index >= 15 is 0 Å². The molecule has 0 aliphatic rings. The molecular weight excluding hydrogens is 244 g/mol. The van der Waals surface area contributed by atoms with Gasteiger partial charge in [0, 0.05) is 11.6 Å². The molecule has 0 aliphatic heterocycles. The van der Waals surface area contributed by atoms with E-state index in [-0.39, 0.29) is 23.0 Å². The summed E-state index contributed by atoms with van der Waals surface area (Å²) < 4.78 is 0. The van der Waals surface area contributed by atoms with Gasteiger partial charge in [0.05, 0.1) is 0 Å². The molecule has 2 rings (SSSR count). The topological polar surface area (TPSA) is 80.9 Å². The van der Waals surface area contributed by atoms with Crippen molar-refractivity contribution in [2.24, 2.45) is 0 Å². The highest BCUT2D eigenvalue weighted by Gasteiger charge is 2.01. The first-order valence-corrected chi connectivity index (χ1v) is 5.78. The Bertz CT molecular complexity index is 503. The molecule has 19 heavy (non-hydrogen) atoms. The fourth-order valence-corrected chi connectivity index (χ4v) is 1.56. The van der Waals surface area contributed by atoms with Crippen LogP contribution in [0.4, 0.5) is 0 Å². The van der Waals surface area contributed by atoms with Gasteiger partial charge in [-0.05, 0) is 56.2 Å². The number of phenolic OH excluding ortho intramolecular Hbond substituents is 4. The lowest BCUT2D eigenvalue weighted by Gasteiger charge is -2.01. The van der Waals surface area contributed by atoms with Crippen molar-refractivity contribution in [2.75, 3.05) is 0 Å². The molecule has 0 fully saturated rings. The summed E-state index contributed by atoms with van der Waals surface area (Å²) in [6.07, 6.45) is 0. The van der Waals surface area contributed by atoms with E-state index in [9.17, 15) is 0 Å². The van der Waals surface area contributed by atoms with Gasteiger partial charge in [-0.3, -0.25) is 0 Å². The van der Waals surface area contributed by atoms with E-state index in [4.69, 9.17) is 20.4 Å².